The molecule has 2 aromatic rings. The van der Waals surface area contributed by atoms with Gasteiger partial charge in [-0.2, -0.15) is 8.61 Å². The van der Waals surface area contributed by atoms with Crippen LogP contribution in [0.3, 0.4) is 0 Å². The molecule has 2 heterocycles. The molecule has 0 bridgehead atoms. The zero-order valence-corrected chi connectivity index (χ0v) is 14.1. The molecule has 1 N–H and O–H groups in total. The number of nitrogens with one attached hydrogen (secondary N) is 1. The van der Waals surface area contributed by atoms with Crippen LogP contribution in [0.1, 0.15) is 0 Å². The van der Waals surface area contributed by atoms with Gasteiger partial charge in [0.2, 0.25) is 10.0 Å². The Bertz CT molecular complexity index is 903. The lowest BCUT2D eigenvalue weighted by Gasteiger charge is -2.32. The second kappa shape index (κ2) is 6.24. The number of rotatable bonds is 4. The average Bonchev–Trinajstić information content (AvgIpc) is 3.11. The van der Waals surface area contributed by atoms with Gasteiger partial charge >= 0.3 is 0 Å². The number of nitrogens with zero attached hydrogens (tertiary/aromatic N) is 3. The molecule has 8 nitrogen and oxygen atoms in total. The third-order valence-corrected chi connectivity index (χ3v) is 7.48. The fourth-order valence-corrected chi connectivity index (χ4v) is 5.17. The van der Waals surface area contributed by atoms with Crippen LogP contribution in [-0.4, -0.2) is 61.6 Å². The average molecular weight is 374 g/mol. The van der Waals surface area contributed by atoms with E-state index in [1.165, 1.54) is 33.3 Å². The Kier molecular flexibility index (Phi) is 4.42. The molecule has 1 saturated heterocycles. The molecule has 0 radical (unpaired) electrons. The molecule has 1 fully saturated rings. The first kappa shape index (κ1) is 17.0. The lowest BCUT2D eigenvalue weighted by molar-refractivity contribution is 0.272. The van der Waals surface area contributed by atoms with Crippen molar-refractivity contribution in [2.24, 2.45) is 0 Å². The summed E-state index contributed by atoms with van der Waals surface area (Å²) in [5.74, 6) is -0.524. The highest BCUT2D eigenvalue weighted by atomic mass is 32.2. The van der Waals surface area contributed by atoms with Gasteiger partial charge in [-0.15, -0.1) is 0 Å². The Morgan fingerprint density at radius 2 is 1.46 bits per heavy atom. The summed E-state index contributed by atoms with van der Waals surface area (Å²) in [4.78, 5) is 6.21. The minimum atomic E-state index is -3.78. The summed E-state index contributed by atoms with van der Waals surface area (Å²) in [6.07, 6.45) is 2.47. The summed E-state index contributed by atoms with van der Waals surface area (Å²) in [6.45, 7) is 0.101. The lowest BCUT2D eigenvalue weighted by Crippen LogP contribution is -2.50. The zero-order chi connectivity index (χ0) is 17.4. The monoisotopic (exact) mass is 374 g/mol. The minimum absolute atomic E-state index is 0.0197. The zero-order valence-electron chi connectivity index (χ0n) is 12.5. The number of imidazole rings is 1. The van der Waals surface area contributed by atoms with Crippen molar-refractivity contribution in [2.45, 2.75) is 9.92 Å². The summed E-state index contributed by atoms with van der Waals surface area (Å²) in [5, 5.41) is -0.0302. The second-order valence-electron chi connectivity index (χ2n) is 5.18. The summed E-state index contributed by atoms with van der Waals surface area (Å²) >= 11 is 0. The lowest BCUT2D eigenvalue weighted by atomic mass is 10.4. The third-order valence-electron chi connectivity index (χ3n) is 3.74. The molecule has 24 heavy (non-hydrogen) atoms. The summed E-state index contributed by atoms with van der Waals surface area (Å²) < 4.78 is 65.1. The van der Waals surface area contributed by atoms with Gasteiger partial charge in [-0.25, -0.2) is 26.2 Å². The van der Waals surface area contributed by atoms with E-state index >= 15 is 0 Å². The van der Waals surface area contributed by atoms with Crippen molar-refractivity contribution in [3.63, 3.8) is 0 Å². The van der Waals surface area contributed by atoms with E-state index in [0.717, 1.165) is 12.1 Å². The van der Waals surface area contributed by atoms with E-state index in [1.54, 1.807) is 0 Å². The summed E-state index contributed by atoms with van der Waals surface area (Å²) in [6, 6.07) is 4.54. The number of H-pyrrole nitrogens is 1. The maximum atomic E-state index is 12.9. The van der Waals surface area contributed by atoms with Crippen molar-refractivity contribution in [3.8, 4) is 0 Å². The molecular formula is C13H15FN4O4S2. The molecule has 0 amide bonds. The van der Waals surface area contributed by atoms with Crippen molar-refractivity contribution >= 4 is 20.0 Å². The number of hydrogen-bond donors (Lipinski definition) is 1. The van der Waals surface area contributed by atoms with Gasteiger partial charge in [0.1, 0.15) is 5.82 Å². The van der Waals surface area contributed by atoms with E-state index in [2.05, 4.69) is 9.97 Å². The fourth-order valence-electron chi connectivity index (χ4n) is 2.43. The van der Waals surface area contributed by atoms with E-state index in [9.17, 15) is 21.2 Å². The maximum absolute atomic E-state index is 12.9. The van der Waals surface area contributed by atoms with Crippen molar-refractivity contribution in [3.05, 3.63) is 42.6 Å². The van der Waals surface area contributed by atoms with Gasteiger partial charge < -0.3 is 4.98 Å². The second-order valence-corrected chi connectivity index (χ2v) is 9.02. The van der Waals surface area contributed by atoms with Crippen LogP contribution in [0, 0.1) is 5.82 Å². The van der Waals surface area contributed by atoms with Crippen molar-refractivity contribution in [1.29, 1.82) is 0 Å². The van der Waals surface area contributed by atoms with E-state index in [1.807, 2.05) is 0 Å². The minimum Gasteiger partial charge on any atom is -0.335 e. The number of halogens is 1. The van der Waals surface area contributed by atoms with Gasteiger partial charge in [-0.3, -0.25) is 0 Å². The highest BCUT2D eigenvalue weighted by Crippen LogP contribution is 2.20. The number of aromatic nitrogens is 2. The first-order chi connectivity index (χ1) is 11.3. The topological polar surface area (TPSA) is 103 Å². The predicted octanol–water partition coefficient (Wildman–Crippen LogP) is 0.244. The Labute approximate surface area is 139 Å². The van der Waals surface area contributed by atoms with Crippen molar-refractivity contribution in [1.82, 2.24) is 18.6 Å². The Morgan fingerprint density at radius 3 is 1.96 bits per heavy atom. The van der Waals surface area contributed by atoms with Crippen LogP contribution >= 0.6 is 0 Å². The van der Waals surface area contributed by atoms with Crippen LogP contribution in [0.2, 0.25) is 0 Å². The van der Waals surface area contributed by atoms with Crippen molar-refractivity contribution < 1.29 is 21.2 Å². The van der Waals surface area contributed by atoms with E-state index in [0.29, 0.717) is 0 Å². The number of piperazine rings is 1. The molecule has 130 valence electrons. The standard InChI is InChI=1S/C13H15FN4O4S2/c14-11-1-3-12(4-2-11)23(19,20)17-5-7-18(8-6-17)24(21,22)13-9-15-10-16-13/h1-4,9-10H,5-8H2,(H,15,16). The molecule has 1 aromatic carbocycles. The first-order valence-electron chi connectivity index (χ1n) is 7.06. The number of hydrogen-bond acceptors (Lipinski definition) is 5. The molecule has 1 aliphatic heterocycles. The molecular weight excluding hydrogens is 359 g/mol. The first-order valence-corrected chi connectivity index (χ1v) is 9.94. The third kappa shape index (κ3) is 3.07. The number of aromatic amines is 1. The molecule has 1 aromatic heterocycles. The SMILES string of the molecule is O=S(=O)(c1ccc(F)cc1)N1CCN(S(=O)(=O)c2cnc[nH]2)CC1. The largest absolute Gasteiger partial charge is 0.335 e. The molecule has 0 saturated carbocycles. The Balaban J connectivity index is 1.74. The van der Waals surface area contributed by atoms with Crippen LogP contribution in [0.25, 0.3) is 0 Å². The van der Waals surface area contributed by atoms with Gasteiger partial charge in [-0.05, 0) is 24.3 Å². The van der Waals surface area contributed by atoms with Gasteiger partial charge in [0.25, 0.3) is 10.0 Å². The van der Waals surface area contributed by atoms with E-state index in [-0.39, 0.29) is 36.1 Å². The maximum Gasteiger partial charge on any atom is 0.260 e. The molecule has 0 unspecified atom stereocenters. The molecule has 0 spiro atoms. The van der Waals surface area contributed by atoms with Crippen LogP contribution in [0.15, 0.2) is 46.7 Å². The highest BCUT2D eigenvalue weighted by molar-refractivity contribution is 7.89. The van der Waals surface area contributed by atoms with Crippen LogP contribution < -0.4 is 0 Å². The van der Waals surface area contributed by atoms with E-state index in [4.69, 9.17) is 0 Å². The summed E-state index contributed by atoms with van der Waals surface area (Å²) in [5.41, 5.74) is 0. The van der Waals surface area contributed by atoms with Gasteiger partial charge in [-0.1, -0.05) is 0 Å². The highest BCUT2D eigenvalue weighted by Gasteiger charge is 2.34. The normalized spacial score (nSPS) is 17.9. The van der Waals surface area contributed by atoms with Gasteiger partial charge in [0.15, 0.2) is 5.03 Å². The Morgan fingerprint density at radius 1 is 0.917 bits per heavy atom. The molecule has 11 heteroatoms. The summed E-state index contributed by atoms with van der Waals surface area (Å²) in [7, 11) is -7.49. The molecule has 0 atom stereocenters. The fraction of sp³-hybridized carbons (Fsp3) is 0.308. The van der Waals surface area contributed by atoms with Crippen LogP contribution in [0.5, 0.6) is 0 Å². The molecule has 1 aliphatic rings. The smallest absolute Gasteiger partial charge is 0.260 e. The number of benzene rings is 1. The molecule has 3 rings (SSSR count). The van der Waals surface area contributed by atoms with Gasteiger partial charge in [0, 0.05) is 26.2 Å². The van der Waals surface area contributed by atoms with Crippen LogP contribution in [0.4, 0.5) is 4.39 Å². The quantitative estimate of drug-likeness (QED) is 0.826. The van der Waals surface area contributed by atoms with Gasteiger partial charge in [0.05, 0.1) is 17.4 Å². The van der Waals surface area contributed by atoms with E-state index < -0.39 is 25.9 Å². The Hall–Kier alpha value is -1.82. The molecule has 0 aliphatic carbocycles. The predicted molar refractivity (Wildman–Crippen MR) is 82.5 cm³/mol. The number of sulfonamides is 2. The van der Waals surface area contributed by atoms with Crippen LogP contribution in [-0.2, 0) is 20.0 Å². The van der Waals surface area contributed by atoms with Crippen molar-refractivity contribution in [2.75, 3.05) is 26.2 Å².